The van der Waals surface area contributed by atoms with E-state index >= 15 is 0 Å². The predicted octanol–water partition coefficient (Wildman–Crippen LogP) is 8.73. The van der Waals surface area contributed by atoms with Crippen LogP contribution in [0.2, 0.25) is 0 Å². The largest absolute Gasteiger partial charge is 0.464 e. The quantitative estimate of drug-likeness (QED) is 0.110. The zero-order valence-electron chi connectivity index (χ0n) is 23.1. The Labute approximate surface area is 211 Å². The summed E-state index contributed by atoms with van der Waals surface area (Å²) in [6.07, 6.45) is 23.2. The molecule has 0 heterocycles. The van der Waals surface area contributed by atoms with Crippen molar-refractivity contribution in [1.82, 2.24) is 5.32 Å². The van der Waals surface area contributed by atoms with E-state index in [1.807, 2.05) is 20.8 Å². The van der Waals surface area contributed by atoms with Gasteiger partial charge < -0.3 is 14.8 Å². The summed E-state index contributed by atoms with van der Waals surface area (Å²) in [7, 11) is 0. The Bertz CT molecular complexity index is 469. The number of amides is 1. The third kappa shape index (κ3) is 20.1. The van der Waals surface area contributed by atoms with Crippen LogP contribution in [0.15, 0.2) is 0 Å². The van der Waals surface area contributed by atoms with E-state index in [-0.39, 0.29) is 11.9 Å². The van der Waals surface area contributed by atoms with E-state index in [2.05, 4.69) is 12.2 Å². The van der Waals surface area contributed by atoms with E-state index in [1.165, 1.54) is 89.9 Å². The second-order valence-electron chi connectivity index (χ2n) is 9.97. The molecule has 0 aromatic carbocycles. The van der Waals surface area contributed by atoms with Crippen LogP contribution in [0.5, 0.6) is 0 Å². The zero-order valence-corrected chi connectivity index (χ0v) is 23.1. The first-order valence-corrected chi connectivity index (χ1v) is 14.7. The van der Waals surface area contributed by atoms with Crippen LogP contribution in [0.3, 0.4) is 0 Å². The highest BCUT2D eigenvalue weighted by Gasteiger charge is 2.27. The topological polar surface area (TPSA) is 64.6 Å². The van der Waals surface area contributed by atoms with Gasteiger partial charge in [-0.15, -0.1) is 0 Å². The van der Waals surface area contributed by atoms with E-state index < -0.39 is 12.1 Å². The number of carbonyl (C=O) groups excluding carboxylic acids is 2. The molecule has 0 fully saturated rings. The van der Waals surface area contributed by atoms with Gasteiger partial charge in [-0.2, -0.15) is 0 Å². The summed E-state index contributed by atoms with van der Waals surface area (Å²) in [5, 5.41) is 2.70. The molecule has 34 heavy (non-hydrogen) atoms. The van der Waals surface area contributed by atoms with Crippen LogP contribution in [0.25, 0.3) is 0 Å². The third-order valence-corrected chi connectivity index (χ3v) is 6.71. The van der Waals surface area contributed by atoms with E-state index in [1.54, 1.807) is 0 Å². The number of unbranched alkanes of at least 4 members (excludes halogenated alkanes) is 16. The van der Waals surface area contributed by atoms with Crippen molar-refractivity contribution in [3.8, 4) is 0 Å². The summed E-state index contributed by atoms with van der Waals surface area (Å²) in [4.78, 5) is 24.4. The molecule has 0 aliphatic heterocycles. The van der Waals surface area contributed by atoms with E-state index in [0.717, 1.165) is 32.1 Å². The average Bonchev–Trinajstić information content (AvgIpc) is 2.84. The highest BCUT2D eigenvalue weighted by atomic mass is 16.6. The number of carbonyl (C=O) groups is 2. The van der Waals surface area contributed by atoms with E-state index in [0.29, 0.717) is 13.2 Å². The molecular formula is C29H57NO4. The van der Waals surface area contributed by atoms with Crippen molar-refractivity contribution in [2.45, 2.75) is 156 Å². The summed E-state index contributed by atoms with van der Waals surface area (Å²) < 4.78 is 10.6. The number of rotatable bonds is 24. The highest BCUT2D eigenvalue weighted by Crippen LogP contribution is 2.14. The van der Waals surface area contributed by atoms with E-state index in [4.69, 9.17) is 9.47 Å². The Kier molecular flexibility index (Phi) is 23.9. The monoisotopic (exact) mass is 483 g/mol. The Morgan fingerprint density at radius 1 is 0.588 bits per heavy atom. The van der Waals surface area contributed by atoms with Gasteiger partial charge in [0.05, 0.1) is 13.2 Å². The molecule has 0 spiro atoms. The van der Waals surface area contributed by atoms with Gasteiger partial charge in [-0.3, -0.25) is 0 Å². The van der Waals surface area contributed by atoms with Crippen LogP contribution in [-0.4, -0.2) is 31.3 Å². The van der Waals surface area contributed by atoms with Crippen molar-refractivity contribution < 1.29 is 19.1 Å². The smallest absolute Gasteiger partial charge is 0.407 e. The molecule has 0 aliphatic rings. The summed E-state index contributed by atoms with van der Waals surface area (Å²) in [5.41, 5.74) is 0. The van der Waals surface area contributed by atoms with Crippen LogP contribution < -0.4 is 5.32 Å². The molecule has 1 unspecified atom stereocenters. The van der Waals surface area contributed by atoms with Crippen LogP contribution >= 0.6 is 0 Å². The molecule has 5 nitrogen and oxygen atoms in total. The highest BCUT2D eigenvalue weighted by molar-refractivity contribution is 5.81. The van der Waals surface area contributed by atoms with E-state index in [9.17, 15) is 9.59 Å². The molecule has 1 amide bonds. The number of nitrogens with one attached hydrogen (secondary N) is 1. The lowest BCUT2D eigenvalue weighted by molar-refractivity contribution is -0.147. The molecule has 2 atom stereocenters. The second-order valence-corrected chi connectivity index (χ2v) is 9.97. The van der Waals surface area contributed by atoms with Crippen molar-refractivity contribution >= 4 is 12.1 Å². The van der Waals surface area contributed by atoms with Gasteiger partial charge in [-0.1, -0.05) is 137 Å². The number of esters is 1. The van der Waals surface area contributed by atoms with Crippen molar-refractivity contribution in [1.29, 1.82) is 0 Å². The summed E-state index contributed by atoms with van der Waals surface area (Å²) in [6.45, 7) is 9.08. The molecule has 0 bridgehead atoms. The van der Waals surface area contributed by atoms with Gasteiger partial charge >= 0.3 is 12.1 Å². The molecule has 1 N–H and O–H groups in total. The number of ether oxygens (including phenoxy) is 2. The minimum Gasteiger partial charge on any atom is -0.464 e. The Morgan fingerprint density at radius 2 is 1.00 bits per heavy atom. The Hall–Kier alpha value is -1.26. The summed E-state index contributed by atoms with van der Waals surface area (Å²) in [5.74, 6) is -0.334. The average molecular weight is 484 g/mol. The Balaban J connectivity index is 3.66. The summed E-state index contributed by atoms with van der Waals surface area (Å²) >= 11 is 0. The van der Waals surface area contributed by atoms with Crippen LogP contribution in [0.1, 0.15) is 150 Å². The fourth-order valence-electron chi connectivity index (χ4n) is 4.06. The van der Waals surface area contributed by atoms with Gasteiger partial charge in [-0.25, -0.2) is 9.59 Å². The fraction of sp³-hybridized carbons (Fsp3) is 0.931. The minimum absolute atomic E-state index is 0.0111. The van der Waals surface area contributed by atoms with Gasteiger partial charge in [0.15, 0.2) is 0 Å². The first kappa shape index (κ1) is 32.7. The summed E-state index contributed by atoms with van der Waals surface area (Å²) in [6, 6.07) is -0.639. The zero-order chi connectivity index (χ0) is 25.3. The number of hydrogen-bond acceptors (Lipinski definition) is 4. The molecule has 0 aromatic rings. The maximum Gasteiger partial charge on any atom is 0.407 e. The number of hydrogen-bond donors (Lipinski definition) is 1. The molecule has 0 radical (unpaired) electrons. The molecule has 0 aromatic heterocycles. The molecule has 0 saturated carbocycles. The molecule has 0 aliphatic carbocycles. The van der Waals surface area contributed by atoms with Gasteiger partial charge in [-0.05, 0) is 18.8 Å². The van der Waals surface area contributed by atoms with Gasteiger partial charge in [0, 0.05) is 0 Å². The van der Waals surface area contributed by atoms with Crippen LogP contribution in [0.4, 0.5) is 4.79 Å². The van der Waals surface area contributed by atoms with Crippen molar-refractivity contribution in [2.24, 2.45) is 5.92 Å². The molecule has 0 saturated heterocycles. The van der Waals surface area contributed by atoms with Crippen LogP contribution in [0, 0.1) is 5.92 Å². The Morgan fingerprint density at radius 3 is 1.44 bits per heavy atom. The van der Waals surface area contributed by atoms with Gasteiger partial charge in [0.2, 0.25) is 0 Å². The lowest BCUT2D eigenvalue weighted by Gasteiger charge is -2.22. The first-order chi connectivity index (χ1) is 16.6. The second kappa shape index (κ2) is 24.9. The standard InChI is InChI=1S/C29H57NO4/c1-5-8-10-11-12-13-14-15-16-17-18-19-20-21-22-23-25-33-28(31)27(26(4)7-3)30-29(32)34-24-9-6-2/h26-27H,5-25H2,1-4H3,(H,30,32)/t26?,27-/m0/s1. The minimum atomic E-state index is -0.639. The lowest BCUT2D eigenvalue weighted by atomic mass is 9.99. The predicted molar refractivity (Wildman–Crippen MR) is 143 cm³/mol. The van der Waals surface area contributed by atoms with Crippen molar-refractivity contribution in [2.75, 3.05) is 13.2 Å². The molecule has 5 heteroatoms. The van der Waals surface area contributed by atoms with Crippen molar-refractivity contribution in [3.63, 3.8) is 0 Å². The van der Waals surface area contributed by atoms with Crippen LogP contribution in [-0.2, 0) is 14.3 Å². The first-order valence-electron chi connectivity index (χ1n) is 14.7. The fourth-order valence-corrected chi connectivity index (χ4v) is 4.06. The SMILES string of the molecule is CCCCCCCCCCCCCCCCCCOC(=O)[C@@H](NC(=O)OCCCC)C(C)CC. The van der Waals surface area contributed by atoms with Crippen molar-refractivity contribution in [3.05, 3.63) is 0 Å². The molecule has 0 rings (SSSR count). The maximum absolute atomic E-state index is 12.5. The third-order valence-electron chi connectivity index (χ3n) is 6.71. The van der Waals surface area contributed by atoms with Gasteiger partial charge in [0.1, 0.15) is 6.04 Å². The molecule has 202 valence electrons. The molecular weight excluding hydrogens is 426 g/mol. The maximum atomic E-state index is 12.5. The number of alkyl carbamates (subject to hydrolysis) is 1. The normalized spacial score (nSPS) is 12.8. The lowest BCUT2D eigenvalue weighted by Crippen LogP contribution is -2.46. The van der Waals surface area contributed by atoms with Gasteiger partial charge in [0.25, 0.3) is 0 Å².